The van der Waals surface area contributed by atoms with Gasteiger partial charge in [0.1, 0.15) is 0 Å². The molecule has 0 aliphatic heterocycles. The predicted octanol–water partition coefficient (Wildman–Crippen LogP) is 12.6. The average Bonchev–Trinajstić information content (AvgIpc) is 3.59. The molecule has 55 heavy (non-hydrogen) atoms. The highest BCUT2D eigenvalue weighted by molar-refractivity contribution is 5.96. The number of fused-ring (bicyclic) bond motifs is 3. The van der Waals surface area contributed by atoms with E-state index in [1.807, 2.05) is 60.7 Å². The number of benzene rings is 8. The molecule has 0 unspecified atom stereocenters. The average molecular weight is 702 g/mol. The fourth-order valence-corrected chi connectivity index (χ4v) is 8.38. The van der Waals surface area contributed by atoms with Gasteiger partial charge in [0.2, 0.25) is 0 Å². The van der Waals surface area contributed by atoms with Gasteiger partial charge in [-0.25, -0.2) is 15.0 Å². The van der Waals surface area contributed by atoms with E-state index in [0.29, 0.717) is 17.5 Å². The topological polar surface area (TPSA) is 38.7 Å². The fourth-order valence-electron chi connectivity index (χ4n) is 8.38. The smallest absolute Gasteiger partial charge is 0.164 e. The zero-order chi connectivity index (χ0) is 36.6. The van der Waals surface area contributed by atoms with Crippen LogP contribution in [0.2, 0.25) is 0 Å². The molecule has 1 aromatic heterocycles. The van der Waals surface area contributed by atoms with Gasteiger partial charge in [-0.05, 0) is 67.8 Å². The van der Waals surface area contributed by atoms with Crippen molar-refractivity contribution in [3.05, 3.63) is 235 Å². The summed E-state index contributed by atoms with van der Waals surface area (Å²) >= 11 is 0. The molecular formula is C52H35N3. The van der Waals surface area contributed by atoms with Gasteiger partial charge >= 0.3 is 0 Å². The van der Waals surface area contributed by atoms with Crippen LogP contribution in [0.5, 0.6) is 0 Å². The second-order valence-electron chi connectivity index (χ2n) is 14.0. The molecule has 8 aromatic carbocycles. The lowest BCUT2D eigenvalue weighted by atomic mass is 9.67. The Morgan fingerprint density at radius 1 is 0.273 bits per heavy atom. The molecule has 1 aliphatic rings. The van der Waals surface area contributed by atoms with Gasteiger partial charge in [0.05, 0.1) is 5.41 Å². The van der Waals surface area contributed by atoms with Crippen molar-refractivity contribution in [3.63, 3.8) is 0 Å². The monoisotopic (exact) mass is 701 g/mol. The summed E-state index contributed by atoms with van der Waals surface area (Å²) in [6.07, 6.45) is 0. The van der Waals surface area contributed by atoms with Crippen molar-refractivity contribution in [2.45, 2.75) is 5.41 Å². The number of hydrogen-bond donors (Lipinski definition) is 0. The van der Waals surface area contributed by atoms with Crippen LogP contribution < -0.4 is 0 Å². The molecule has 0 atom stereocenters. The number of rotatable bonds is 7. The molecule has 1 heterocycles. The van der Waals surface area contributed by atoms with Crippen LogP contribution in [-0.4, -0.2) is 15.0 Å². The molecule has 3 heteroatoms. The first-order valence-corrected chi connectivity index (χ1v) is 18.7. The van der Waals surface area contributed by atoms with Crippen molar-refractivity contribution in [1.29, 1.82) is 0 Å². The molecule has 0 saturated heterocycles. The summed E-state index contributed by atoms with van der Waals surface area (Å²) < 4.78 is 0. The summed E-state index contributed by atoms with van der Waals surface area (Å²) in [6.45, 7) is 0. The molecule has 10 rings (SSSR count). The first kappa shape index (κ1) is 32.4. The molecule has 0 N–H and O–H groups in total. The summed E-state index contributed by atoms with van der Waals surface area (Å²) in [4.78, 5) is 14.9. The Morgan fingerprint density at radius 2 is 0.655 bits per heavy atom. The minimum Gasteiger partial charge on any atom is -0.208 e. The van der Waals surface area contributed by atoms with Gasteiger partial charge in [0.15, 0.2) is 17.5 Å². The fraction of sp³-hybridized carbons (Fsp3) is 0.0192. The molecule has 0 spiro atoms. The highest BCUT2D eigenvalue weighted by Crippen LogP contribution is 2.58. The van der Waals surface area contributed by atoms with Crippen molar-refractivity contribution in [2.24, 2.45) is 0 Å². The molecule has 0 fully saturated rings. The molecule has 0 amide bonds. The van der Waals surface area contributed by atoms with Gasteiger partial charge < -0.3 is 0 Å². The molecular weight excluding hydrogens is 667 g/mol. The SMILES string of the molecule is c1ccc(-c2nc(-c3ccccc3)nc(-c3cccc(-c4cccc(-c5cccc6c5-c5ccccc5C6(c5ccccc5)c5ccccc5)c4)c3)n2)cc1. The van der Waals surface area contributed by atoms with Crippen molar-refractivity contribution in [3.8, 4) is 67.5 Å². The van der Waals surface area contributed by atoms with Crippen LogP contribution in [-0.2, 0) is 5.41 Å². The molecule has 0 saturated carbocycles. The highest BCUT2D eigenvalue weighted by atomic mass is 15.0. The summed E-state index contributed by atoms with van der Waals surface area (Å²) in [6, 6.07) is 75.4. The third-order valence-electron chi connectivity index (χ3n) is 10.8. The van der Waals surface area contributed by atoms with E-state index in [9.17, 15) is 0 Å². The van der Waals surface area contributed by atoms with Gasteiger partial charge in [0.25, 0.3) is 0 Å². The lowest BCUT2D eigenvalue weighted by Gasteiger charge is -2.34. The van der Waals surface area contributed by atoms with Gasteiger partial charge in [-0.1, -0.05) is 200 Å². The Balaban J connectivity index is 1.11. The van der Waals surface area contributed by atoms with E-state index < -0.39 is 5.41 Å². The van der Waals surface area contributed by atoms with Crippen LogP contribution in [0.4, 0.5) is 0 Å². The minimum absolute atomic E-state index is 0.446. The van der Waals surface area contributed by atoms with Gasteiger partial charge in [0, 0.05) is 16.7 Å². The van der Waals surface area contributed by atoms with Gasteiger partial charge in [-0.2, -0.15) is 0 Å². The Morgan fingerprint density at radius 3 is 1.24 bits per heavy atom. The first-order valence-electron chi connectivity index (χ1n) is 18.7. The second kappa shape index (κ2) is 13.6. The van der Waals surface area contributed by atoms with Crippen molar-refractivity contribution in [2.75, 3.05) is 0 Å². The van der Waals surface area contributed by atoms with Crippen molar-refractivity contribution >= 4 is 0 Å². The summed E-state index contributed by atoms with van der Waals surface area (Å²) in [5.41, 5.74) is 14.7. The molecule has 258 valence electrons. The maximum atomic E-state index is 5.00. The zero-order valence-corrected chi connectivity index (χ0v) is 30.0. The third kappa shape index (κ3) is 5.57. The van der Waals surface area contributed by atoms with E-state index >= 15 is 0 Å². The number of nitrogens with zero attached hydrogens (tertiary/aromatic N) is 3. The zero-order valence-electron chi connectivity index (χ0n) is 30.0. The lowest BCUT2D eigenvalue weighted by Crippen LogP contribution is -2.28. The Bertz CT molecular complexity index is 2700. The van der Waals surface area contributed by atoms with E-state index in [-0.39, 0.29) is 0 Å². The Labute approximate surface area is 321 Å². The first-order chi connectivity index (χ1) is 27.3. The normalized spacial score (nSPS) is 12.5. The summed E-state index contributed by atoms with van der Waals surface area (Å²) in [5.74, 6) is 1.94. The van der Waals surface area contributed by atoms with E-state index in [2.05, 4.69) is 152 Å². The largest absolute Gasteiger partial charge is 0.208 e. The second-order valence-corrected chi connectivity index (χ2v) is 14.0. The van der Waals surface area contributed by atoms with Gasteiger partial charge in [-0.3, -0.25) is 0 Å². The molecule has 0 bridgehead atoms. The Hall–Kier alpha value is -7.23. The predicted molar refractivity (Wildman–Crippen MR) is 224 cm³/mol. The van der Waals surface area contributed by atoms with Crippen molar-refractivity contribution < 1.29 is 0 Å². The van der Waals surface area contributed by atoms with Crippen LogP contribution in [0.1, 0.15) is 22.3 Å². The molecule has 1 aliphatic carbocycles. The summed E-state index contributed by atoms with van der Waals surface area (Å²) in [5, 5.41) is 0. The third-order valence-corrected chi connectivity index (χ3v) is 10.8. The van der Waals surface area contributed by atoms with Crippen LogP contribution in [0.15, 0.2) is 212 Å². The van der Waals surface area contributed by atoms with Crippen LogP contribution >= 0.6 is 0 Å². The maximum Gasteiger partial charge on any atom is 0.164 e. The molecule has 3 nitrogen and oxygen atoms in total. The Kier molecular flexibility index (Phi) is 8.04. The standard InChI is InChI=1S/C52H35N3/c1-5-18-36(19-6-1)49-53-50(37-20-7-2-8-21-37)55-51(54-49)41-25-16-23-39(35-41)38-22-15-24-40(34-38)44-31-17-33-47-48(44)45-30-13-14-32-46(45)52(47,42-26-9-3-10-27-42)43-28-11-4-12-29-43/h1-35H. The van der Waals surface area contributed by atoms with E-state index in [4.69, 9.17) is 15.0 Å². The molecule has 0 radical (unpaired) electrons. The number of hydrogen-bond acceptors (Lipinski definition) is 3. The van der Waals surface area contributed by atoms with Crippen molar-refractivity contribution in [1.82, 2.24) is 15.0 Å². The van der Waals surface area contributed by atoms with Crippen LogP contribution in [0.3, 0.4) is 0 Å². The number of aromatic nitrogens is 3. The highest BCUT2D eigenvalue weighted by Gasteiger charge is 2.46. The minimum atomic E-state index is -0.446. The maximum absolute atomic E-state index is 5.00. The molecule has 9 aromatic rings. The lowest BCUT2D eigenvalue weighted by molar-refractivity contribution is 0.768. The van der Waals surface area contributed by atoms with E-state index in [1.165, 1.54) is 44.5 Å². The van der Waals surface area contributed by atoms with E-state index in [1.54, 1.807) is 0 Å². The summed E-state index contributed by atoms with van der Waals surface area (Å²) in [7, 11) is 0. The van der Waals surface area contributed by atoms with E-state index in [0.717, 1.165) is 27.8 Å². The van der Waals surface area contributed by atoms with Crippen LogP contribution in [0, 0.1) is 0 Å². The quantitative estimate of drug-likeness (QED) is 0.166. The van der Waals surface area contributed by atoms with Crippen LogP contribution in [0.25, 0.3) is 67.5 Å². The van der Waals surface area contributed by atoms with Gasteiger partial charge in [-0.15, -0.1) is 0 Å².